The summed E-state index contributed by atoms with van der Waals surface area (Å²) < 4.78 is 12.7. The Morgan fingerprint density at radius 1 is 1.41 bits per heavy atom. The van der Waals surface area contributed by atoms with Crippen LogP contribution in [-0.2, 0) is 11.2 Å². The standard InChI is InChI=1S/C14H18FNO/c1-10(12-5-6-12)16(2)14(17)9-11-3-7-13(15)8-4-11/h3-4,7-8,10,12H,5-6,9H2,1-2H3. The Morgan fingerprint density at radius 3 is 2.53 bits per heavy atom. The van der Waals surface area contributed by atoms with Crippen LogP contribution in [0.25, 0.3) is 0 Å². The maximum Gasteiger partial charge on any atom is 0.226 e. The predicted molar refractivity (Wildman–Crippen MR) is 65.1 cm³/mol. The smallest absolute Gasteiger partial charge is 0.226 e. The molecule has 2 nitrogen and oxygen atoms in total. The molecule has 0 radical (unpaired) electrons. The summed E-state index contributed by atoms with van der Waals surface area (Å²) in [7, 11) is 1.86. The summed E-state index contributed by atoms with van der Waals surface area (Å²) in [6, 6.07) is 6.45. The summed E-state index contributed by atoms with van der Waals surface area (Å²) >= 11 is 0. The summed E-state index contributed by atoms with van der Waals surface area (Å²) in [6.45, 7) is 2.10. The first-order valence-corrected chi connectivity index (χ1v) is 6.08. The van der Waals surface area contributed by atoms with Crippen LogP contribution < -0.4 is 0 Å². The SMILES string of the molecule is CC(C1CC1)N(C)C(=O)Cc1ccc(F)cc1. The lowest BCUT2D eigenvalue weighted by molar-refractivity contribution is -0.131. The number of rotatable bonds is 4. The topological polar surface area (TPSA) is 20.3 Å². The van der Waals surface area contributed by atoms with Gasteiger partial charge in [0.05, 0.1) is 6.42 Å². The van der Waals surface area contributed by atoms with Crippen LogP contribution in [0, 0.1) is 11.7 Å². The normalized spacial score (nSPS) is 16.6. The molecule has 0 aliphatic heterocycles. The molecule has 3 heteroatoms. The van der Waals surface area contributed by atoms with Gasteiger partial charge in [-0.15, -0.1) is 0 Å². The second kappa shape index (κ2) is 4.86. The van der Waals surface area contributed by atoms with Crippen molar-refractivity contribution in [3.8, 4) is 0 Å². The summed E-state index contributed by atoms with van der Waals surface area (Å²) in [5.74, 6) is 0.522. The molecule has 0 saturated heterocycles. The van der Waals surface area contributed by atoms with Crippen molar-refractivity contribution in [2.45, 2.75) is 32.2 Å². The third-order valence-corrected chi connectivity index (χ3v) is 3.58. The van der Waals surface area contributed by atoms with Crippen LogP contribution in [0.4, 0.5) is 4.39 Å². The zero-order chi connectivity index (χ0) is 12.4. The number of carbonyl (C=O) groups excluding carboxylic acids is 1. The third kappa shape index (κ3) is 3.05. The molecule has 1 aliphatic carbocycles. The predicted octanol–water partition coefficient (Wildman–Crippen LogP) is 2.63. The summed E-state index contributed by atoms with van der Waals surface area (Å²) in [5.41, 5.74) is 0.867. The van der Waals surface area contributed by atoms with E-state index in [0.717, 1.165) is 5.56 Å². The lowest BCUT2D eigenvalue weighted by atomic mass is 10.1. The van der Waals surface area contributed by atoms with E-state index in [0.29, 0.717) is 18.4 Å². The summed E-state index contributed by atoms with van der Waals surface area (Å²) in [5, 5.41) is 0. The van der Waals surface area contributed by atoms with Gasteiger partial charge in [-0.05, 0) is 43.4 Å². The fourth-order valence-electron chi connectivity index (χ4n) is 2.02. The second-order valence-corrected chi connectivity index (χ2v) is 4.89. The fraction of sp³-hybridized carbons (Fsp3) is 0.500. The minimum Gasteiger partial charge on any atom is -0.342 e. The molecule has 1 unspecified atom stereocenters. The van der Waals surface area contributed by atoms with Crippen molar-refractivity contribution in [3.63, 3.8) is 0 Å². The molecule has 2 rings (SSSR count). The Bertz CT molecular complexity index is 397. The van der Waals surface area contributed by atoms with E-state index in [2.05, 4.69) is 6.92 Å². The van der Waals surface area contributed by atoms with Gasteiger partial charge in [0, 0.05) is 13.1 Å². The first-order chi connectivity index (χ1) is 8.08. The van der Waals surface area contributed by atoms with E-state index in [4.69, 9.17) is 0 Å². The number of amides is 1. The molecule has 0 heterocycles. The lowest BCUT2D eigenvalue weighted by Gasteiger charge is -2.25. The molecular weight excluding hydrogens is 217 g/mol. The van der Waals surface area contributed by atoms with E-state index in [9.17, 15) is 9.18 Å². The minimum absolute atomic E-state index is 0.107. The number of carbonyl (C=O) groups is 1. The van der Waals surface area contributed by atoms with Crippen molar-refractivity contribution in [2.75, 3.05) is 7.05 Å². The zero-order valence-corrected chi connectivity index (χ0v) is 10.3. The number of hydrogen-bond acceptors (Lipinski definition) is 1. The van der Waals surface area contributed by atoms with Crippen molar-refractivity contribution in [2.24, 2.45) is 5.92 Å². The van der Waals surface area contributed by atoms with Crippen LogP contribution in [0.1, 0.15) is 25.3 Å². The molecule has 1 aromatic rings. The quantitative estimate of drug-likeness (QED) is 0.785. The monoisotopic (exact) mass is 235 g/mol. The average molecular weight is 235 g/mol. The Balaban J connectivity index is 1.93. The molecule has 1 aliphatic rings. The van der Waals surface area contributed by atoms with Gasteiger partial charge in [0.2, 0.25) is 5.91 Å². The van der Waals surface area contributed by atoms with Crippen LogP contribution >= 0.6 is 0 Å². The molecule has 92 valence electrons. The number of nitrogens with zero attached hydrogens (tertiary/aromatic N) is 1. The number of hydrogen-bond donors (Lipinski definition) is 0. The summed E-state index contributed by atoms with van der Waals surface area (Å²) in [4.78, 5) is 13.8. The highest BCUT2D eigenvalue weighted by atomic mass is 19.1. The first-order valence-electron chi connectivity index (χ1n) is 6.08. The van der Waals surface area contributed by atoms with Gasteiger partial charge in [0.1, 0.15) is 5.82 Å². The van der Waals surface area contributed by atoms with Gasteiger partial charge in [-0.1, -0.05) is 12.1 Å². The van der Waals surface area contributed by atoms with E-state index >= 15 is 0 Å². The third-order valence-electron chi connectivity index (χ3n) is 3.58. The van der Waals surface area contributed by atoms with Gasteiger partial charge in [-0.3, -0.25) is 4.79 Å². The Kier molecular flexibility index (Phi) is 3.46. The molecule has 0 N–H and O–H groups in total. The highest BCUT2D eigenvalue weighted by molar-refractivity contribution is 5.78. The maximum absolute atomic E-state index is 12.7. The van der Waals surface area contributed by atoms with Gasteiger partial charge in [0.25, 0.3) is 0 Å². The average Bonchev–Trinajstić information content (AvgIpc) is 3.14. The summed E-state index contributed by atoms with van der Waals surface area (Å²) in [6.07, 6.45) is 2.82. The van der Waals surface area contributed by atoms with Crippen molar-refractivity contribution < 1.29 is 9.18 Å². The van der Waals surface area contributed by atoms with E-state index in [1.807, 2.05) is 11.9 Å². The number of benzene rings is 1. The first kappa shape index (κ1) is 12.1. The number of halogens is 1. The van der Waals surface area contributed by atoms with E-state index in [1.54, 1.807) is 12.1 Å². The zero-order valence-electron chi connectivity index (χ0n) is 10.3. The fourth-order valence-corrected chi connectivity index (χ4v) is 2.02. The Labute approximate surface area is 101 Å². The Morgan fingerprint density at radius 2 is 2.00 bits per heavy atom. The second-order valence-electron chi connectivity index (χ2n) is 4.89. The molecule has 17 heavy (non-hydrogen) atoms. The Hall–Kier alpha value is -1.38. The molecular formula is C14H18FNO. The maximum atomic E-state index is 12.7. The van der Waals surface area contributed by atoms with Crippen molar-refractivity contribution >= 4 is 5.91 Å². The van der Waals surface area contributed by atoms with Crippen LogP contribution in [0.15, 0.2) is 24.3 Å². The highest BCUT2D eigenvalue weighted by Crippen LogP contribution is 2.34. The number of likely N-dealkylation sites (N-methyl/N-ethyl adjacent to an activating group) is 1. The van der Waals surface area contributed by atoms with Gasteiger partial charge in [-0.25, -0.2) is 4.39 Å². The van der Waals surface area contributed by atoms with Crippen LogP contribution in [0.5, 0.6) is 0 Å². The van der Waals surface area contributed by atoms with Crippen molar-refractivity contribution in [3.05, 3.63) is 35.6 Å². The molecule has 1 amide bonds. The van der Waals surface area contributed by atoms with E-state index in [-0.39, 0.29) is 11.7 Å². The molecule has 1 atom stereocenters. The van der Waals surface area contributed by atoms with Crippen molar-refractivity contribution in [1.82, 2.24) is 4.90 Å². The van der Waals surface area contributed by atoms with Crippen LogP contribution in [0.3, 0.4) is 0 Å². The minimum atomic E-state index is -0.263. The molecule has 0 bridgehead atoms. The van der Waals surface area contributed by atoms with Gasteiger partial charge < -0.3 is 4.90 Å². The molecule has 1 fully saturated rings. The van der Waals surface area contributed by atoms with E-state index in [1.165, 1.54) is 25.0 Å². The molecule has 1 aromatic carbocycles. The van der Waals surface area contributed by atoms with Crippen LogP contribution in [0.2, 0.25) is 0 Å². The molecule has 0 spiro atoms. The lowest BCUT2D eigenvalue weighted by Crippen LogP contribution is -2.37. The molecule has 0 aromatic heterocycles. The molecule has 1 saturated carbocycles. The van der Waals surface area contributed by atoms with Crippen LogP contribution in [-0.4, -0.2) is 23.9 Å². The van der Waals surface area contributed by atoms with Gasteiger partial charge in [0.15, 0.2) is 0 Å². The largest absolute Gasteiger partial charge is 0.342 e. The van der Waals surface area contributed by atoms with Crippen molar-refractivity contribution in [1.29, 1.82) is 0 Å². The van der Waals surface area contributed by atoms with Gasteiger partial charge >= 0.3 is 0 Å². The van der Waals surface area contributed by atoms with Gasteiger partial charge in [-0.2, -0.15) is 0 Å². The highest BCUT2D eigenvalue weighted by Gasteiger charge is 2.32. The van der Waals surface area contributed by atoms with E-state index < -0.39 is 0 Å².